The van der Waals surface area contributed by atoms with Gasteiger partial charge in [0.05, 0.1) is 12.4 Å². The molecule has 8 heteroatoms. The van der Waals surface area contributed by atoms with Crippen molar-refractivity contribution in [3.8, 4) is 16.9 Å². The van der Waals surface area contributed by atoms with Gasteiger partial charge in [-0.05, 0) is 12.1 Å². The highest BCUT2D eigenvalue weighted by Gasteiger charge is 2.24. The summed E-state index contributed by atoms with van der Waals surface area (Å²) >= 11 is 0. The standard InChI is InChI=1S/C15H14N6O2/c1-20-9-10(8-18-20)11-2-3-13(21-12(16)4-5-17-21)19-14(11)15-22-6-7-23-15/h2-9,15H,16H2,1H3. The van der Waals surface area contributed by atoms with Gasteiger partial charge in [-0.3, -0.25) is 4.68 Å². The van der Waals surface area contributed by atoms with Crippen LogP contribution in [0.5, 0.6) is 0 Å². The van der Waals surface area contributed by atoms with Crippen LogP contribution in [0.25, 0.3) is 16.9 Å². The molecule has 1 aliphatic heterocycles. The van der Waals surface area contributed by atoms with Crippen molar-refractivity contribution in [1.82, 2.24) is 24.5 Å². The van der Waals surface area contributed by atoms with E-state index >= 15 is 0 Å². The molecule has 0 fully saturated rings. The number of rotatable bonds is 3. The summed E-state index contributed by atoms with van der Waals surface area (Å²) in [5.74, 6) is 1.10. The Balaban J connectivity index is 1.84. The number of hydrogen-bond donors (Lipinski definition) is 1. The molecule has 0 unspecified atom stereocenters. The lowest BCUT2D eigenvalue weighted by molar-refractivity contribution is -0.0274. The quantitative estimate of drug-likeness (QED) is 0.792. The van der Waals surface area contributed by atoms with E-state index in [9.17, 15) is 0 Å². The molecule has 0 radical (unpaired) electrons. The molecule has 4 heterocycles. The Bertz CT molecular complexity index is 874. The molecule has 23 heavy (non-hydrogen) atoms. The topological polar surface area (TPSA) is 93.0 Å². The fourth-order valence-corrected chi connectivity index (χ4v) is 2.44. The van der Waals surface area contributed by atoms with Crippen LogP contribution in [0, 0.1) is 0 Å². The molecule has 0 saturated carbocycles. The maximum absolute atomic E-state index is 5.90. The van der Waals surface area contributed by atoms with Gasteiger partial charge in [0, 0.05) is 30.4 Å². The molecule has 0 aromatic carbocycles. The second-order valence-corrected chi connectivity index (χ2v) is 5.05. The first kappa shape index (κ1) is 13.4. The molecule has 3 aromatic heterocycles. The monoisotopic (exact) mass is 310 g/mol. The zero-order valence-corrected chi connectivity index (χ0v) is 12.3. The van der Waals surface area contributed by atoms with E-state index in [1.165, 1.54) is 12.5 Å². The van der Waals surface area contributed by atoms with Crippen molar-refractivity contribution in [2.45, 2.75) is 6.29 Å². The summed E-state index contributed by atoms with van der Waals surface area (Å²) in [5.41, 5.74) is 8.34. The van der Waals surface area contributed by atoms with Gasteiger partial charge >= 0.3 is 0 Å². The second kappa shape index (κ2) is 5.16. The number of anilines is 1. The Morgan fingerprint density at radius 1 is 1.13 bits per heavy atom. The molecule has 0 spiro atoms. The molecule has 0 aliphatic carbocycles. The van der Waals surface area contributed by atoms with Crippen molar-refractivity contribution in [3.05, 3.63) is 55.0 Å². The summed E-state index contributed by atoms with van der Waals surface area (Å²) in [6.07, 6.45) is 7.68. The number of nitrogens with zero attached hydrogens (tertiary/aromatic N) is 5. The number of ether oxygens (including phenoxy) is 2. The number of nitrogen functional groups attached to an aromatic ring is 1. The van der Waals surface area contributed by atoms with Crippen LogP contribution in [-0.2, 0) is 16.5 Å². The average Bonchev–Trinajstić information content (AvgIpc) is 3.28. The highest BCUT2D eigenvalue weighted by atomic mass is 16.7. The number of aromatic nitrogens is 5. The molecule has 0 saturated heterocycles. The van der Waals surface area contributed by atoms with E-state index in [1.54, 1.807) is 27.8 Å². The van der Waals surface area contributed by atoms with Gasteiger partial charge in [-0.25, -0.2) is 4.98 Å². The Morgan fingerprint density at radius 3 is 2.61 bits per heavy atom. The van der Waals surface area contributed by atoms with Crippen LogP contribution in [0.2, 0.25) is 0 Å². The van der Waals surface area contributed by atoms with Gasteiger partial charge < -0.3 is 15.2 Å². The molecule has 8 nitrogen and oxygen atoms in total. The minimum Gasteiger partial charge on any atom is -0.454 e. The summed E-state index contributed by atoms with van der Waals surface area (Å²) in [4.78, 5) is 4.64. The summed E-state index contributed by atoms with van der Waals surface area (Å²) < 4.78 is 14.2. The fourth-order valence-electron chi connectivity index (χ4n) is 2.44. The molecule has 2 N–H and O–H groups in total. The van der Waals surface area contributed by atoms with E-state index in [-0.39, 0.29) is 0 Å². The largest absolute Gasteiger partial charge is 0.454 e. The van der Waals surface area contributed by atoms with Crippen LogP contribution in [-0.4, -0.2) is 24.5 Å². The van der Waals surface area contributed by atoms with Crippen LogP contribution in [0.4, 0.5) is 5.82 Å². The molecule has 0 amide bonds. The first-order chi connectivity index (χ1) is 11.2. The van der Waals surface area contributed by atoms with Gasteiger partial charge in [0.15, 0.2) is 5.82 Å². The van der Waals surface area contributed by atoms with E-state index in [4.69, 9.17) is 15.2 Å². The third-order valence-electron chi connectivity index (χ3n) is 3.50. The fraction of sp³-hybridized carbons (Fsp3) is 0.133. The highest BCUT2D eigenvalue weighted by Crippen LogP contribution is 2.32. The van der Waals surface area contributed by atoms with Crippen molar-refractivity contribution in [1.29, 1.82) is 0 Å². The Kier molecular flexibility index (Phi) is 3.00. The maximum Gasteiger partial charge on any atom is 0.284 e. The first-order valence-corrected chi connectivity index (χ1v) is 6.98. The van der Waals surface area contributed by atoms with Crippen molar-refractivity contribution in [2.75, 3.05) is 5.73 Å². The van der Waals surface area contributed by atoms with Crippen molar-refractivity contribution < 1.29 is 9.47 Å². The summed E-state index contributed by atoms with van der Waals surface area (Å²) in [5, 5.41) is 8.38. The number of hydrogen-bond acceptors (Lipinski definition) is 6. The smallest absolute Gasteiger partial charge is 0.284 e. The summed E-state index contributed by atoms with van der Waals surface area (Å²) in [6, 6.07) is 5.49. The van der Waals surface area contributed by atoms with Crippen LogP contribution in [0.3, 0.4) is 0 Å². The van der Waals surface area contributed by atoms with Crippen LogP contribution in [0.15, 0.2) is 49.3 Å². The molecule has 4 rings (SSSR count). The van der Waals surface area contributed by atoms with Gasteiger partial charge in [-0.15, -0.1) is 0 Å². The Labute approximate surface area is 131 Å². The zero-order valence-electron chi connectivity index (χ0n) is 12.3. The van der Waals surface area contributed by atoms with Gasteiger partial charge in [-0.2, -0.15) is 14.9 Å². The molecular weight excluding hydrogens is 296 g/mol. The minimum absolute atomic E-state index is 0.504. The SMILES string of the molecule is Cn1cc(-c2ccc(-n3nccc3N)nc2C2OC=CO2)cn1. The number of aryl methyl sites for hydroxylation is 1. The maximum atomic E-state index is 5.90. The second-order valence-electron chi connectivity index (χ2n) is 5.05. The van der Waals surface area contributed by atoms with Crippen molar-refractivity contribution in [3.63, 3.8) is 0 Å². The van der Waals surface area contributed by atoms with Gasteiger partial charge in [0.1, 0.15) is 24.0 Å². The lowest BCUT2D eigenvalue weighted by Gasteiger charge is -2.15. The zero-order chi connectivity index (χ0) is 15.8. The first-order valence-electron chi connectivity index (χ1n) is 6.98. The lowest BCUT2D eigenvalue weighted by Crippen LogP contribution is -2.09. The van der Waals surface area contributed by atoms with Crippen molar-refractivity contribution in [2.24, 2.45) is 7.05 Å². The molecule has 116 valence electrons. The van der Waals surface area contributed by atoms with E-state index in [2.05, 4.69) is 15.2 Å². The molecule has 0 atom stereocenters. The lowest BCUT2D eigenvalue weighted by atomic mass is 10.1. The van der Waals surface area contributed by atoms with Gasteiger partial charge in [0.2, 0.25) is 0 Å². The molecular formula is C15H14N6O2. The summed E-state index contributed by atoms with van der Waals surface area (Å²) in [7, 11) is 1.86. The van der Waals surface area contributed by atoms with Crippen LogP contribution in [0.1, 0.15) is 12.0 Å². The Hall–Kier alpha value is -3.29. The summed E-state index contributed by atoms with van der Waals surface area (Å²) in [6.45, 7) is 0. The van der Waals surface area contributed by atoms with Crippen LogP contribution >= 0.6 is 0 Å². The van der Waals surface area contributed by atoms with Crippen molar-refractivity contribution >= 4 is 5.82 Å². The normalized spacial score (nSPS) is 14.0. The number of pyridine rings is 1. The van der Waals surface area contributed by atoms with Gasteiger partial charge in [-0.1, -0.05) is 0 Å². The highest BCUT2D eigenvalue weighted by molar-refractivity contribution is 5.65. The average molecular weight is 310 g/mol. The third kappa shape index (κ3) is 2.30. The third-order valence-corrected chi connectivity index (χ3v) is 3.50. The number of nitrogens with two attached hydrogens (primary N) is 1. The molecule has 0 bridgehead atoms. The predicted molar refractivity (Wildman–Crippen MR) is 82.0 cm³/mol. The van der Waals surface area contributed by atoms with E-state index < -0.39 is 6.29 Å². The molecule has 3 aromatic rings. The van der Waals surface area contributed by atoms with E-state index in [0.29, 0.717) is 17.3 Å². The Morgan fingerprint density at radius 2 is 1.96 bits per heavy atom. The van der Waals surface area contributed by atoms with Crippen LogP contribution < -0.4 is 5.73 Å². The van der Waals surface area contributed by atoms with Gasteiger partial charge in [0.25, 0.3) is 6.29 Å². The molecule has 1 aliphatic rings. The predicted octanol–water partition coefficient (Wildman–Crippen LogP) is 1.77. The van der Waals surface area contributed by atoms with E-state index in [1.807, 2.05) is 25.4 Å². The minimum atomic E-state index is -0.609. The van der Waals surface area contributed by atoms with E-state index in [0.717, 1.165) is 11.1 Å².